The lowest BCUT2D eigenvalue weighted by molar-refractivity contribution is 0.267. The van der Waals surface area contributed by atoms with Crippen molar-refractivity contribution in [2.45, 2.75) is 45.6 Å². The number of hydrogen-bond acceptors (Lipinski definition) is 3. The molecule has 0 bridgehead atoms. The number of rotatable bonds is 3. The molecule has 1 aliphatic rings. The second-order valence-electron chi connectivity index (χ2n) is 5.13. The summed E-state index contributed by atoms with van der Waals surface area (Å²) in [7, 11) is 0. The number of hydrogen-bond donors (Lipinski definition) is 1. The normalized spacial score (nSPS) is 25.7. The predicted molar refractivity (Wildman–Crippen MR) is 66.2 cm³/mol. The van der Waals surface area contributed by atoms with E-state index in [1.54, 1.807) is 6.33 Å². The van der Waals surface area contributed by atoms with Crippen LogP contribution in [0.5, 0.6) is 0 Å². The molecule has 0 radical (unpaired) electrons. The molecule has 0 aromatic carbocycles. The lowest BCUT2D eigenvalue weighted by Crippen LogP contribution is -2.27. The molecule has 16 heavy (non-hydrogen) atoms. The van der Waals surface area contributed by atoms with E-state index >= 15 is 0 Å². The zero-order valence-electron chi connectivity index (χ0n) is 10.2. The first-order valence-corrected chi connectivity index (χ1v) is 6.27. The highest BCUT2D eigenvalue weighted by atomic mass is 15.0. The van der Waals surface area contributed by atoms with E-state index in [4.69, 9.17) is 0 Å². The Morgan fingerprint density at radius 2 is 1.75 bits per heavy atom. The Kier molecular flexibility index (Phi) is 3.75. The van der Waals surface area contributed by atoms with E-state index in [2.05, 4.69) is 29.1 Å². The topological polar surface area (TPSA) is 37.8 Å². The maximum absolute atomic E-state index is 4.02. The van der Waals surface area contributed by atoms with Gasteiger partial charge in [-0.2, -0.15) is 0 Å². The van der Waals surface area contributed by atoms with Crippen molar-refractivity contribution < 1.29 is 0 Å². The Morgan fingerprint density at radius 1 is 1.12 bits per heavy atom. The van der Waals surface area contributed by atoms with Gasteiger partial charge in [0.15, 0.2) is 0 Å². The molecule has 0 unspecified atom stereocenters. The van der Waals surface area contributed by atoms with Crippen molar-refractivity contribution in [2.75, 3.05) is 5.32 Å². The SMILES string of the molecule is CC(C)C1CCC(Nc2cncnc2)CC1. The van der Waals surface area contributed by atoms with Crippen LogP contribution in [0.3, 0.4) is 0 Å². The lowest BCUT2D eigenvalue weighted by Gasteiger charge is -2.31. The molecule has 3 nitrogen and oxygen atoms in total. The second kappa shape index (κ2) is 5.28. The average Bonchev–Trinajstić information content (AvgIpc) is 2.31. The van der Waals surface area contributed by atoms with Crippen molar-refractivity contribution in [1.29, 1.82) is 0 Å². The molecule has 0 atom stereocenters. The van der Waals surface area contributed by atoms with E-state index in [-0.39, 0.29) is 0 Å². The Hall–Kier alpha value is -1.12. The maximum Gasteiger partial charge on any atom is 0.115 e. The summed E-state index contributed by atoms with van der Waals surface area (Å²) in [6.45, 7) is 4.67. The van der Waals surface area contributed by atoms with Gasteiger partial charge < -0.3 is 5.32 Å². The van der Waals surface area contributed by atoms with E-state index in [1.807, 2.05) is 12.4 Å². The summed E-state index contributed by atoms with van der Waals surface area (Å²) in [6.07, 6.45) is 10.5. The summed E-state index contributed by atoms with van der Waals surface area (Å²) in [6, 6.07) is 0.612. The zero-order valence-corrected chi connectivity index (χ0v) is 10.2. The van der Waals surface area contributed by atoms with E-state index in [0.717, 1.165) is 17.5 Å². The van der Waals surface area contributed by atoms with Crippen LogP contribution in [0.15, 0.2) is 18.7 Å². The highest BCUT2D eigenvalue weighted by Gasteiger charge is 2.22. The molecular formula is C13H21N3. The third kappa shape index (κ3) is 2.94. The Labute approximate surface area is 97.7 Å². The summed E-state index contributed by atoms with van der Waals surface area (Å²) < 4.78 is 0. The molecule has 1 heterocycles. The molecule has 2 rings (SSSR count). The zero-order chi connectivity index (χ0) is 11.4. The fourth-order valence-corrected chi connectivity index (χ4v) is 2.54. The molecule has 0 saturated heterocycles. The van der Waals surface area contributed by atoms with E-state index in [0.29, 0.717) is 6.04 Å². The second-order valence-corrected chi connectivity index (χ2v) is 5.13. The Morgan fingerprint density at radius 3 is 2.31 bits per heavy atom. The van der Waals surface area contributed by atoms with Crippen molar-refractivity contribution in [3.05, 3.63) is 18.7 Å². The lowest BCUT2D eigenvalue weighted by atomic mass is 9.80. The van der Waals surface area contributed by atoms with Crippen LogP contribution in [-0.4, -0.2) is 16.0 Å². The van der Waals surface area contributed by atoms with Gasteiger partial charge in [-0.15, -0.1) is 0 Å². The fourth-order valence-electron chi connectivity index (χ4n) is 2.54. The minimum Gasteiger partial charge on any atom is -0.380 e. The highest BCUT2D eigenvalue weighted by molar-refractivity contribution is 5.38. The predicted octanol–water partition coefficient (Wildman–Crippen LogP) is 3.10. The minimum absolute atomic E-state index is 0.612. The van der Waals surface area contributed by atoms with Gasteiger partial charge in [0, 0.05) is 6.04 Å². The van der Waals surface area contributed by atoms with Crippen LogP contribution in [0.2, 0.25) is 0 Å². The molecular weight excluding hydrogens is 198 g/mol. The van der Waals surface area contributed by atoms with Gasteiger partial charge in [0.25, 0.3) is 0 Å². The summed E-state index contributed by atoms with van der Waals surface area (Å²) in [4.78, 5) is 8.04. The summed E-state index contributed by atoms with van der Waals surface area (Å²) in [5, 5.41) is 3.52. The Balaban J connectivity index is 1.82. The van der Waals surface area contributed by atoms with Crippen molar-refractivity contribution in [3.8, 4) is 0 Å². The first kappa shape index (κ1) is 11.4. The number of nitrogens with one attached hydrogen (secondary N) is 1. The summed E-state index contributed by atoms with van der Waals surface area (Å²) >= 11 is 0. The quantitative estimate of drug-likeness (QED) is 0.848. The maximum atomic E-state index is 4.02. The first-order chi connectivity index (χ1) is 7.75. The molecule has 3 heteroatoms. The fraction of sp³-hybridized carbons (Fsp3) is 0.692. The Bertz CT molecular complexity index is 302. The molecule has 0 amide bonds. The van der Waals surface area contributed by atoms with Gasteiger partial charge in [-0.3, -0.25) is 0 Å². The smallest absolute Gasteiger partial charge is 0.115 e. The number of nitrogens with zero attached hydrogens (tertiary/aromatic N) is 2. The van der Waals surface area contributed by atoms with Crippen LogP contribution in [0, 0.1) is 11.8 Å². The van der Waals surface area contributed by atoms with E-state index in [1.165, 1.54) is 25.7 Å². The monoisotopic (exact) mass is 219 g/mol. The van der Waals surface area contributed by atoms with Crippen molar-refractivity contribution >= 4 is 5.69 Å². The van der Waals surface area contributed by atoms with Crippen LogP contribution in [0.25, 0.3) is 0 Å². The molecule has 1 saturated carbocycles. The van der Waals surface area contributed by atoms with Gasteiger partial charge >= 0.3 is 0 Å². The van der Waals surface area contributed by atoms with Gasteiger partial charge in [0.1, 0.15) is 6.33 Å². The molecule has 0 aliphatic heterocycles. The summed E-state index contributed by atoms with van der Waals surface area (Å²) in [5.74, 6) is 1.76. The van der Waals surface area contributed by atoms with Crippen LogP contribution >= 0.6 is 0 Å². The molecule has 1 aliphatic carbocycles. The highest BCUT2D eigenvalue weighted by Crippen LogP contribution is 2.31. The van der Waals surface area contributed by atoms with Gasteiger partial charge in [-0.05, 0) is 37.5 Å². The molecule has 0 spiro atoms. The molecule has 1 aromatic rings. The number of aromatic nitrogens is 2. The van der Waals surface area contributed by atoms with Gasteiger partial charge in [0.2, 0.25) is 0 Å². The van der Waals surface area contributed by atoms with Gasteiger partial charge in [-0.25, -0.2) is 9.97 Å². The van der Waals surface area contributed by atoms with Crippen molar-refractivity contribution in [3.63, 3.8) is 0 Å². The standard InChI is InChI=1S/C13H21N3/c1-10(2)11-3-5-12(6-4-11)16-13-7-14-9-15-8-13/h7-12,16H,3-6H2,1-2H3. The van der Waals surface area contributed by atoms with Crippen molar-refractivity contribution in [2.24, 2.45) is 11.8 Å². The summed E-state index contributed by atoms with van der Waals surface area (Å²) in [5.41, 5.74) is 1.05. The van der Waals surface area contributed by atoms with Crippen molar-refractivity contribution in [1.82, 2.24) is 9.97 Å². The third-order valence-corrected chi connectivity index (χ3v) is 3.65. The minimum atomic E-state index is 0.612. The van der Waals surface area contributed by atoms with Crippen LogP contribution in [0.1, 0.15) is 39.5 Å². The van der Waals surface area contributed by atoms with Gasteiger partial charge in [-0.1, -0.05) is 13.8 Å². The van der Waals surface area contributed by atoms with Crippen LogP contribution in [0.4, 0.5) is 5.69 Å². The van der Waals surface area contributed by atoms with Crippen LogP contribution in [-0.2, 0) is 0 Å². The molecule has 1 fully saturated rings. The van der Waals surface area contributed by atoms with E-state index in [9.17, 15) is 0 Å². The van der Waals surface area contributed by atoms with Crippen LogP contribution < -0.4 is 5.32 Å². The van der Waals surface area contributed by atoms with E-state index < -0.39 is 0 Å². The average molecular weight is 219 g/mol. The first-order valence-electron chi connectivity index (χ1n) is 6.27. The largest absolute Gasteiger partial charge is 0.380 e. The number of anilines is 1. The van der Waals surface area contributed by atoms with Gasteiger partial charge in [0.05, 0.1) is 18.1 Å². The molecule has 1 N–H and O–H groups in total. The third-order valence-electron chi connectivity index (χ3n) is 3.65. The molecule has 1 aromatic heterocycles. The molecule has 88 valence electrons.